The molecular formula is C15H33NO. The van der Waals surface area contributed by atoms with Crippen molar-refractivity contribution in [2.75, 3.05) is 13.2 Å². The number of nitrogens with one attached hydrogen (secondary N) is 1. The number of aliphatic hydroxyl groups is 1. The lowest BCUT2D eigenvalue weighted by atomic mass is 9.79. The topological polar surface area (TPSA) is 32.3 Å². The molecule has 0 aromatic heterocycles. The Balaban J connectivity index is 4.43. The summed E-state index contributed by atoms with van der Waals surface area (Å²) in [5.74, 6) is 0. The van der Waals surface area contributed by atoms with Gasteiger partial charge in [0.1, 0.15) is 0 Å². The molecule has 0 heterocycles. The van der Waals surface area contributed by atoms with Gasteiger partial charge in [-0.1, -0.05) is 34.6 Å². The zero-order valence-electron chi connectivity index (χ0n) is 13.0. The van der Waals surface area contributed by atoms with E-state index >= 15 is 0 Å². The highest BCUT2D eigenvalue weighted by atomic mass is 16.3. The second kappa shape index (κ2) is 6.19. The summed E-state index contributed by atoms with van der Waals surface area (Å²) in [7, 11) is 0. The fourth-order valence-corrected chi connectivity index (χ4v) is 2.59. The first-order valence-corrected chi connectivity index (χ1v) is 6.96. The Hall–Kier alpha value is -0.0800. The van der Waals surface area contributed by atoms with E-state index in [1.165, 1.54) is 0 Å². The van der Waals surface area contributed by atoms with Crippen molar-refractivity contribution in [3.8, 4) is 0 Å². The predicted molar refractivity (Wildman–Crippen MR) is 76.3 cm³/mol. The summed E-state index contributed by atoms with van der Waals surface area (Å²) < 4.78 is 0. The van der Waals surface area contributed by atoms with Crippen LogP contribution in [0.15, 0.2) is 0 Å². The molecule has 17 heavy (non-hydrogen) atoms. The van der Waals surface area contributed by atoms with Crippen LogP contribution in [0, 0.1) is 10.8 Å². The average Bonchev–Trinajstić information content (AvgIpc) is 2.17. The summed E-state index contributed by atoms with van der Waals surface area (Å²) in [5.41, 5.74) is 0.509. The number of hydrogen-bond acceptors (Lipinski definition) is 2. The van der Waals surface area contributed by atoms with Crippen LogP contribution < -0.4 is 5.32 Å². The largest absolute Gasteiger partial charge is 0.396 e. The van der Waals surface area contributed by atoms with Gasteiger partial charge in [-0.05, 0) is 38.5 Å². The smallest absolute Gasteiger partial charge is 0.0499 e. The quantitative estimate of drug-likeness (QED) is 0.716. The van der Waals surface area contributed by atoms with Gasteiger partial charge in [0, 0.05) is 24.1 Å². The third kappa shape index (κ3) is 6.42. The highest BCUT2D eigenvalue weighted by molar-refractivity contribution is 4.87. The minimum atomic E-state index is 0.0507. The van der Waals surface area contributed by atoms with E-state index in [0.29, 0.717) is 5.41 Å². The molecule has 0 fully saturated rings. The first kappa shape index (κ1) is 16.9. The molecule has 0 aromatic carbocycles. The normalized spacial score (nSPS) is 14.1. The molecule has 0 aliphatic carbocycles. The lowest BCUT2D eigenvalue weighted by molar-refractivity contribution is 0.0981. The molecule has 0 aliphatic heterocycles. The van der Waals surface area contributed by atoms with Gasteiger partial charge in [0.2, 0.25) is 0 Å². The van der Waals surface area contributed by atoms with Crippen LogP contribution in [0.25, 0.3) is 0 Å². The van der Waals surface area contributed by atoms with Crippen molar-refractivity contribution >= 4 is 0 Å². The van der Waals surface area contributed by atoms with Crippen molar-refractivity contribution in [2.24, 2.45) is 10.8 Å². The second-order valence-electron chi connectivity index (χ2n) is 7.34. The summed E-state index contributed by atoms with van der Waals surface area (Å²) in [6.07, 6.45) is 3.19. The molecule has 0 unspecified atom stereocenters. The van der Waals surface area contributed by atoms with Gasteiger partial charge < -0.3 is 10.4 Å². The van der Waals surface area contributed by atoms with Gasteiger partial charge in [-0.2, -0.15) is 0 Å². The van der Waals surface area contributed by atoms with E-state index in [0.717, 1.165) is 25.8 Å². The van der Waals surface area contributed by atoms with E-state index < -0.39 is 0 Å². The molecule has 0 spiro atoms. The fourth-order valence-electron chi connectivity index (χ4n) is 2.59. The first-order chi connectivity index (χ1) is 7.60. The van der Waals surface area contributed by atoms with Gasteiger partial charge in [-0.25, -0.2) is 0 Å². The molecular weight excluding hydrogens is 210 g/mol. The molecule has 2 N–H and O–H groups in total. The summed E-state index contributed by atoms with van der Waals surface area (Å²) >= 11 is 0. The number of aliphatic hydroxyl groups excluding tert-OH is 1. The third-order valence-electron chi connectivity index (χ3n) is 3.75. The Kier molecular flexibility index (Phi) is 6.16. The molecule has 0 saturated heterocycles. The fraction of sp³-hybridized carbons (Fsp3) is 1.00. The molecule has 0 rings (SSSR count). The summed E-state index contributed by atoms with van der Waals surface area (Å²) in [6.45, 7) is 16.8. The molecule has 2 nitrogen and oxygen atoms in total. The molecule has 2 heteroatoms. The Bertz CT molecular complexity index is 203. The van der Waals surface area contributed by atoms with Crippen LogP contribution in [0.3, 0.4) is 0 Å². The molecule has 104 valence electrons. The Morgan fingerprint density at radius 3 is 1.71 bits per heavy atom. The van der Waals surface area contributed by atoms with E-state index in [9.17, 15) is 5.11 Å². The van der Waals surface area contributed by atoms with E-state index in [2.05, 4.69) is 53.8 Å². The van der Waals surface area contributed by atoms with Crippen molar-refractivity contribution in [1.29, 1.82) is 0 Å². The predicted octanol–water partition coefficient (Wildman–Crippen LogP) is 3.59. The Labute approximate surface area is 108 Å². The summed E-state index contributed by atoms with van der Waals surface area (Å²) in [6, 6.07) is 0. The van der Waals surface area contributed by atoms with Crippen molar-refractivity contribution in [1.82, 2.24) is 5.32 Å². The van der Waals surface area contributed by atoms with E-state index in [4.69, 9.17) is 0 Å². The number of hydrogen-bond donors (Lipinski definition) is 2. The zero-order chi connectivity index (χ0) is 13.7. The summed E-state index contributed by atoms with van der Waals surface area (Å²) in [4.78, 5) is 0. The molecule has 0 amide bonds. The number of rotatable bonds is 7. The highest BCUT2D eigenvalue weighted by Crippen LogP contribution is 2.29. The minimum absolute atomic E-state index is 0.0507. The summed E-state index contributed by atoms with van der Waals surface area (Å²) in [5, 5.41) is 13.2. The van der Waals surface area contributed by atoms with Crippen molar-refractivity contribution in [3.63, 3.8) is 0 Å². The van der Waals surface area contributed by atoms with Gasteiger partial charge in [0.15, 0.2) is 0 Å². The maximum Gasteiger partial charge on any atom is 0.0499 e. The SMILES string of the molecule is CCC(CC)(CO)CNC(C)(C)CC(C)(C)C. The molecule has 0 aliphatic rings. The van der Waals surface area contributed by atoms with Crippen LogP contribution in [0.4, 0.5) is 0 Å². The van der Waals surface area contributed by atoms with Gasteiger partial charge in [0.05, 0.1) is 0 Å². The molecule has 0 aromatic rings. The van der Waals surface area contributed by atoms with Gasteiger partial charge >= 0.3 is 0 Å². The minimum Gasteiger partial charge on any atom is -0.396 e. The van der Waals surface area contributed by atoms with E-state index in [1.54, 1.807) is 0 Å². The van der Waals surface area contributed by atoms with Crippen molar-refractivity contribution in [3.05, 3.63) is 0 Å². The standard InChI is InChI=1S/C15H33NO/c1-8-15(9-2,12-17)11-16-14(6,7)10-13(3,4)5/h16-17H,8-12H2,1-7H3. The first-order valence-electron chi connectivity index (χ1n) is 6.96. The molecule has 0 saturated carbocycles. The Morgan fingerprint density at radius 1 is 0.941 bits per heavy atom. The van der Waals surface area contributed by atoms with Crippen molar-refractivity contribution in [2.45, 2.75) is 73.3 Å². The van der Waals surface area contributed by atoms with Crippen LogP contribution >= 0.6 is 0 Å². The van der Waals surface area contributed by atoms with Gasteiger partial charge in [-0.15, -0.1) is 0 Å². The van der Waals surface area contributed by atoms with Crippen LogP contribution in [0.1, 0.15) is 67.7 Å². The third-order valence-corrected chi connectivity index (χ3v) is 3.75. The highest BCUT2D eigenvalue weighted by Gasteiger charge is 2.30. The molecule has 0 bridgehead atoms. The van der Waals surface area contributed by atoms with Crippen LogP contribution in [0.2, 0.25) is 0 Å². The van der Waals surface area contributed by atoms with Crippen LogP contribution in [0.5, 0.6) is 0 Å². The van der Waals surface area contributed by atoms with Crippen LogP contribution in [-0.2, 0) is 0 Å². The van der Waals surface area contributed by atoms with E-state index in [-0.39, 0.29) is 17.6 Å². The Morgan fingerprint density at radius 2 is 1.41 bits per heavy atom. The average molecular weight is 243 g/mol. The van der Waals surface area contributed by atoms with E-state index in [1.807, 2.05) is 0 Å². The van der Waals surface area contributed by atoms with Crippen molar-refractivity contribution < 1.29 is 5.11 Å². The lowest BCUT2D eigenvalue weighted by Crippen LogP contribution is -2.48. The molecule has 0 atom stereocenters. The van der Waals surface area contributed by atoms with Crippen LogP contribution in [-0.4, -0.2) is 23.8 Å². The maximum atomic E-state index is 9.57. The van der Waals surface area contributed by atoms with Gasteiger partial charge in [0.25, 0.3) is 0 Å². The molecule has 0 radical (unpaired) electrons. The zero-order valence-corrected chi connectivity index (χ0v) is 13.0. The second-order valence-corrected chi connectivity index (χ2v) is 7.34. The lowest BCUT2D eigenvalue weighted by Gasteiger charge is -2.38. The maximum absolute atomic E-state index is 9.57. The van der Waals surface area contributed by atoms with Gasteiger partial charge in [-0.3, -0.25) is 0 Å². The monoisotopic (exact) mass is 243 g/mol.